The quantitative estimate of drug-likeness (QED) is 0.389. The van der Waals surface area contributed by atoms with Crippen molar-refractivity contribution in [3.8, 4) is 0 Å². The molecule has 0 amide bonds. The maximum atomic E-state index is 5.49. The lowest BCUT2D eigenvalue weighted by Gasteiger charge is -2.13. The summed E-state index contributed by atoms with van der Waals surface area (Å²) in [6, 6.07) is 0. The molecule has 0 aliphatic rings. The van der Waals surface area contributed by atoms with E-state index in [9.17, 15) is 0 Å². The minimum absolute atomic E-state index is 0.596. The Bertz CT molecular complexity index is 203. The summed E-state index contributed by atoms with van der Waals surface area (Å²) in [5.41, 5.74) is 0. The monoisotopic (exact) mass is 243 g/mol. The number of nitrogens with one attached hydrogen (secondary N) is 2. The highest BCUT2D eigenvalue weighted by Crippen LogP contribution is 1.96. The molecule has 0 aliphatic carbocycles. The molecule has 0 unspecified atom stereocenters. The number of ether oxygens (including phenoxy) is 1. The molecule has 4 heteroatoms. The highest BCUT2D eigenvalue weighted by atomic mass is 16.5. The zero-order valence-electron chi connectivity index (χ0n) is 12.0. The fraction of sp³-hybridized carbons (Fsp3) is 0.923. The van der Waals surface area contributed by atoms with Crippen LogP contribution >= 0.6 is 0 Å². The minimum Gasteiger partial charge on any atom is -0.379 e. The molecule has 0 spiro atoms. The van der Waals surface area contributed by atoms with E-state index in [2.05, 4.69) is 43.3 Å². The lowest BCUT2D eigenvalue weighted by Crippen LogP contribution is -2.39. The first-order chi connectivity index (χ1) is 8.06. The van der Waals surface area contributed by atoms with Gasteiger partial charge in [0.15, 0.2) is 5.96 Å². The summed E-state index contributed by atoms with van der Waals surface area (Å²) >= 11 is 0. The molecule has 0 aromatic carbocycles. The zero-order chi connectivity index (χ0) is 13.1. The molecule has 0 aromatic heterocycles. The van der Waals surface area contributed by atoms with Gasteiger partial charge in [0.05, 0.1) is 6.61 Å². The molecule has 0 bridgehead atoms. The van der Waals surface area contributed by atoms with Crippen molar-refractivity contribution in [2.75, 3.05) is 33.4 Å². The van der Waals surface area contributed by atoms with Crippen molar-refractivity contribution in [2.24, 2.45) is 16.8 Å². The number of guanidine groups is 1. The summed E-state index contributed by atoms with van der Waals surface area (Å²) in [7, 11) is 1.79. The molecule has 0 aromatic rings. The smallest absolute Gasteiger partial charge is 0.191 e. The second-order valence-corrected chi connectivity index (χ2v) is 5.08. The molecular weight excluding hydrogens is 214 g/mol. The first-order valence-corrected chi connectivity index (χ1v) is 6.58. The van der Waals surface area contributed by atoms with Crippen molar-refractivity contribution in [1.82, 2.24) is 10.6 Å². The Morgan fingerprint density at radius 1 is 1.06 bits per heavy atom. The molecule has 0 heterocycles. The van der Waals surface area contributed by atoms with Crippen LogP contribution in [0, 0.1) is 11.8 Å². The largest absolute Gasteiger partial charge is 0.379 e. The van der Waals surface area contributed by atoms with Gasteiger partial charge in [-0.15, -0.1) is 0 Å². The van der Waals surface area contributed by atoms with Gasteiger partial charge >= 0.3 is 0 Å². The van der Waals surface area contributed by atoms with Crippen LogP contribution in [0.2, 0.25) is 0 Å². The van der Waals surface area contributed by atoms with E-state index in [1.54, 1.807) is 7.05 Å². The van der Waals surface area contributed by atoms with Crippen LogP contribution in [0.5, 0.6) is 0 Å². The first-order valence-electron chi connectivity index (χ1n) is 6.58. The van der Waals surface area contributed by atoms with Gasteiger partial charge in [-0.25, -0.2) is 0 Å². The molecule has 17 heavy (non-hydrogen) atoms. The highest BCUT2D eigenvalue weighted by Gasteiger charge is 1.98. The molecule has 2 N–H and O–H groups in total. The fourth-order valence-corrected chi connectivity index (χ4v) is 1.26. The van der Waals surface area contributed by atoms with Crippen LogP contribution in [0.1, 0.15) is 34.1 Å². The number of nitrogens with zero attached hydrogens (tertiary/aromatic N) is 1. The lowest BCUT2D eigenvalue weighted by atomic mass is 10.1. The van der Waals surface area contributed by atoms with Crippen molar-refractivity contribution in [3.63, 3.8) is 0 Å². The third-order valence-corrected chi connectivity index (χ3v) is 2.23. The van der Waals surface area contributed by atoms with E-state index in [1.807, 2.05) is 0 Å². The van der Waals surface area contributed by atoms with Crippen molar-refractivity contribution in [1.29, 1.82) is 0 Å². The highest BCUT2D eigenvalue weighted by molar-refractivity contribution is 5.79. The zero-order valence-corrected chi connectivity index (χ0v) is 12.0. The molecule has 0 saturated carbocycles. The van der Waals surface area contributed by atoms with E-state index < -0.39 is 0 Å². The summed E-state index contributed by atoms with van der Waals surface area (Å²) < 4.78 is 5.49. The molecule has 0 rings (SSSR count). The topological polar surface area (TPSA) is 45.7 Å². The van der Waals surface area contributed by atoms with Gasteiger partial charge in [-0.05, 0) is 18.3 Å². The normalized spacial score (nSPS) is 12.3. The molecule has 0 atom stereocenters. The van der Waals surface area contributed by atoms with Crippen LogP contribution in [0.4, 0.5) is 0 Å². The van der Waals surface area contributed by atoms with E-state index >= 15 is 0 Å². The Morgan fingerprint density at radius 2 is 1.71 bits per heavy atom. The second kappa shape index (κ2) is 10.4. The number of hydrogen-bond donors (Lipinski definition) is 2. The summed E-state index contributed by atoms with van der Waals surface area (Å²) in [6.45, 7) is 12.1. The Labute approximate surface area is 106 Å². The van der Waals surface area contributed by atoms with Crippen molar-refractivity contribution in [2.45, 2.75) is 34.1 Å². The van der Waals surface area contributed by atoms with E-state index in [4.69, 9.17) is 4.74 Å². The number of aliphatic imine (C=N–C) groups is 1. The standard InChI is InChI=1S/C13H29N3O/c1-11(2)6-7-15-13(14-5)16-8-9-17-10-12(3)4/h11-12H,6-10H2,1-5H3,(H2,14,15,16). The van der Waals surface area contributed by atoms with E-state index in [1.165, 1.54) is 0 Å². The van der Waals surface area contributed by atoms with Crippen molar-refractivity contribution < 1.29 is 4.74 Å². The molecule has 0 saturated heterocycles. The Kier molecular flexibility index (Phi) is 9.92. The van der Waals surface area contributed by atoms with Gasteiger partial charge in [-0.2, -0.15) is 0 Å². The average Bonchev–Trinajstić information content (AvgIpc) is 2.25. The molecule has 0 aliphatic heterocycles. The Hall–Kier alpha value is -0.770. The molecule has 4 nitrogen and oxygen atoms in total. The predicted molar refractivity (Wildman–Crippen MR) is 74.5 cm³/mol. The predicted octanol–water partition coefficient (Wildman–Crippen LogP) is 1.87. The Balaban J connectivity index is 3.49. The third kappa shape index (κ3) is 11.5. The van der Waals surface area contributed by atoms with E-state index in [-0.39, 0.29) is 0 Å². The molecule has 0 radical (unpaired) electrons. The maximum Gasteiger partial charge on any atom is 0.191 e. The van der Waals surface area contributed by atoms with Gasteiger partial charge in [0.1, 0.15) is 0 Å². The fourth-order valence-electron chi connectivity index (χ4n) is 1.26. The summed E-state index contributed by atoms with van der Waals surface area (Å²) in [5, 5.41) is 6.51. The van der Waals surface area contributed by atoms with Gasteiger partial charge in [-0.1, -0.05) is 27.7 Å². The van der Waals surface area contributed by atoms with Gasteiger partial charge < -0.3 is 15.4 Å². The van der Waals surface area contributed by atoms with Crippen LogP contribution in [0.15, 0.2) is 4.99 Å². The SMILES string of the molecule is CN=C(NCCOCC(C)C)NCCC(C)C. The van der Waals surface area contributed by atoms with E-state index in [0.29, 0.717) is 5.92 Å². The van der Waals surface area contributed by atoms with E-state index in [0.717, 1.165) is 44.6 Å². The van der Waals surface area contributed by atoms with Crippen LogP contribution < -0.4 is 10.6 Å². The van der Waals surface area contributed by atoms with Crippen LogP contribution in [0.3, 0.4) is 0 Å². The number of rotatable bonds is 8. The number of hydrogen-bond acceptors (Lipinski definition) is 2. The molecule has 0 fully saturated rings. The Morgan fingerprint density at radius 3 is 2.24 bits per heavy atom. The van der Waals surface area contributed by atoms with Crippen LogP contribution in [-0.2, 0) is 4.74 Å². The summed E-state index contributed by atoms with van der Waals surface area (Å²) in [5.74, 6) is 2.17. The first kappa shape index (κ1) is 16.2. The van der Waals surface area contributed by atoms with Crippen LogP contribution in [0.25, 0.3) is 0 Å². The molecule has 102 valence electrons. The van der Waals surface area contributed by atoms with Crippen LogP contribution in [-0.4, -0.2) is 39.3 Å². The summed E-state index contributed by atoms with van der Waals surface area (Å²) in [4.78, 5) is 4.16. The van der Waals surface area contributed by atoms with Gasteiger partial charge in [0, 0.05) is 26.7 Å². The van der Waals surface area contributed by atoms with Gasteiger partial charge in [0.25, 0.3) is 0 Å². The van der Waals surface area contributed by atoms with Gasteiger partial charge in [-0.3, -0.25) is 4.99 Å². The average molecular weight is 243 g/mol. The van der Waals surface area contributed by atoms with Crippen molar-refractivity contribution in [3.05, 3.63) is 0 Å². The summed E-state index contributed by atoms with van der Waals surface area (Å²) in [6.07, 6.45) is 1.16. The molecular formula is C13H29N3O. The second-order valence-electron chi connectivity index (χ2n) is 5.08. The minimum atomic E-state index is 0.596. The maximum absolute atomic E-state index is 5.49. The van der Waals surface area contributed by atoms with Crippen molar-refractivity contribution >= 4 is 5.96 Å². The lowest BCUT2D eigenvalue weighted by molar-refractivity contribution is 0.114. The third-order valence-electron chi connectivity index (χ3n) is 2.23. The van der Waals surface area contributed by atoms with Gasteiger partial charge in [0.2, 0.25) is 0 Å².